The van der Waals surface area contributed by atoms with Crippen LogP contribution in [-0.2, 0) is 4.79 Å². The van der Waals surface area contributed by atoms with Gasteiger partial charge in [-0.25, -0.2) is 0 Å². The van der Waals surface area contributed by atoms with Crippen LogP contribution in [0.5, 0.6) is 0 Å². The van der Waals surface area contributed by atoms with Crippen LogP contribution in [0.4, 0.5) is 0 Å². The van der Waals surface area contributed by atoms with Gasteiger partial charge in [-0.1, -0.05) is 71.1 Å². The predicted molar refractivity (Wildman–Crippen MR) is 81.1 cm³/mol. The van der Waals surface area contributed by atoms with Crippen molar-refractivity contribution < 1.29 is 9.90 Å². The molecule has 114 valence electrons. The van der Waals surface area contributed by atoms with E-state index in [0.29, 0.717) is 6.42 Å². The number of hydrogen-bond acceptors (Lipinski definition) is 3. The average molecular weight is 271 g/mol. The molecule has 0 saturated heterocycles. The molecule has 0 unspecified atom stereocenters. The number of aliphatic hydroxyl groups is 1. The third-order valence-corrected chi connectivity index (χ3v) is 3.64. The molecule has 0 aromatic carbocycles. The Kier molecular flexibility index (Phi) is 13.7. The van der Waals surface area contributed by atoms with Crippen LogP contribution in [0.1, 0.15) is 84.0 Å². The van der Waals surface area contributed by atoms with E-state index in [1.54, 1.807) is 0 Å². The highest BCUT2D eigenvalue weighted by Crippen LogP contribution is 2.12. The van der Waals surface area contributed by atoms with Crippen molar-refractivity contribution in [1.82, 2.24) is 0 Å². The summed E-state index contributed by atoms with van der Waals surface area (Å²) in [5, 5.41) is 8.74. The first-order chi connectivity index (χ1) is 9.22. The molecule has 0 aliphatic rings. The number of carbonyl (C=O) groups is 1. The molecule has 0 aliphatic carbocycles. The molecule has 0 aromatic heterocycles. The fraction of sp³-hybridized carbons (Fsp3) is 0.938. The van der Waals surface area contributed by atoms with E-state index < -0.39 is 6.04 Å². The van der Waals surface area contributed by atoms with Gasteiger partial charge in [-0.15, -0.1) is 0 Å². The smallest absolute Gasteiger partial charge is 0.151 e. The first-order valence-corrected chi connectivity index (χ1v) is 8.11. The van der Waals surface area contributed by atoms with Crippen molar-refractivity contribution in [3.05, 3.63) is 0 Å². The number of carbonyl (C=O) groups excluding carboxylic acids is 1. The largest absolute Gasteiger partial charge is 0.394 e. The van der Waals surface area contributed by atoms with E-state index in [1.807, 2.05) is 0 Å². The van der Waals surface area contributed by atoms with E-state index in [9.17, 15) is 4.79 Å². The predicted octanol–water partition coefficient (Wildman–Crippen LogP) is 3.58. The summed E-state index contributed by atoms with van der Waals surface area (Å²) in [7, 11) is 0. The molecule has 0 aliphatic heterocycles. The maximum atomic E-state index is 11.3. The number of rotatable bonds is 14. The molecule has 0 radical (unpaired) electrons. The average Bonchev–Trinajstić information content (AvgIpc) is 2.43. The molecule has 0 spiro atoms. The Morgan fingerprint density at radius 1 is 0.895 bits per heavy atom. The fourth-order valence-electron chi connectivity index (χ4n) is 2.25. The lowest BCUT2D eigenvalue weighted by Gasteiger charge is -2.06. The van der Waals surface area contributed by atoms with Gasteiger partial charge in [0.25, 0.3) is 0 Å². The van der Waals surface area contributed by atoms with Crippen molar-refractivity contribution in [3.63, 3.8) is 0 Å². The number of aliphatic hydroxyl groups excluding tert-OH is 1. The van der Waals surface area contributed by atoms with Crippen molar-refractivity contribution in [1.29, 1.82) is 0 Å². The standard InChI is InChI=1S/C16H33NO2/c1-2-3-4-5-6-7-8-9-10-11-12-13-16(19)15(17)14-18/h15,18H,2-14,17H2,1H3/t15-/m0/s1. The van der Waals surface area contributed by atoms with Crippen LogP contribution in [0, 0.1) is 0 Å². The van der Waals surface area contributed by atoms with Gasteiger partial charge in [-0.05, 0) is 6.42 Å². The van der Waals surface area contributed by atoms with Crippen molar-refractivity contribution in [2.45, 2.75) is 90.0 Å². The van der Waals surface area contributed by atoms with E-state index in [4.69, 9.17) is 10.8 Å². The molecule has 0 heterocycles. The zero-order valence-electron chi connectivity index (χ0n) is 12.7. The molecule has 19 heavy (non-hydrogen) atoms. The van der Waals surface area contributed by atoms with Crippen LogP contribution in [0.3, 0.4) is 0 Å². The number of hydrogen-bond donors (Lipinski definition) is 2. The summed E-state index contributed by atoms with van der Waals surface area (Å²) in [5.74, 6) is -0.00146. The maximum Gasteiger partial charge on any atom is 0.151 e. The van der Waals surface area contributed by atoms with Crippen molar-refractivity contribution in [3.8, 4) is 0 Å². The van der Waals surface area contributed by atoms with E-state index >= 15 is 0 Å². The Hall–Kier alpha value is -0.410. The minimum absolute atomic E-state index is 0.00146. The van der Waals surface area contributed by atoms with Gasteiger partial charge in [0, 0.05) is 6.42 Å². The fourth-order valence-corrected chi connectivity index (χ4v) is 2.25. The van der Waals surface area contributed by atoms with Crippen molar-refractivity contribution in [2.75, 3.05) is 6.61 Å². The minimum Gasteiger partial charge on any atom is -0.394 e. The lowest BCUT2D eigenvalue weighted by atomic mass is 10.0. The van der Waals surface area contributed by atoms with Gasteiger partial charge in [-0.3, -0.25) is 4.79 Å². The lowest BCUT2D eigenvalue weighted by Crippen LogP contribution is -2.33. The second-order valence-corrected chi connectivity index (χ2v) is 5.54. The second kappa shape index (κ2) is 14.0. The minimum atomic E-state index is -0.664. The van der Waals surface area contributed by atoms with Crippen LogP contribution >= 0.6 is 0 Å². The van der Waals surface area contributed by atoms with Gasteiger partial charge in [-0.2, -0.15) is 0 Å². The molecular weight excluding hydrogens is 238 g/mol. The van der Waals surface area contributed by atoms with Crippen LogP contribution < -0.4 is 5.73 Å². The summed E-state index contributed by atoms with van der Waals surface area (Å²) < 4.78 is 0. The maximum absolute atomic E-state index is 11.3. The van der Waals surface area contributed by atoms with E-state index in [1.165, 1.54) is 57.8 Å². The monoisotopic (exact) mass is 271 g/mol. The zero-order chi connectivity index (χ0) is 14.3. The Bertz CT molecular complexity index is 207. The Morgan fingerprint density at radius 3 is 1.74 bits per heavy atom. The number of nitrogens with two attached hydrogens (primary N) is 1. The molecule has 0 bridgehead atoms. The summed E-state index contributed by atoms with van der Waals surface area (Å²) in [6.45, 7) is 2.02. The first-order valence-electron chi connectivity index (χ1n) is 8.11. The highest BCUT2D eigenvalue weighted by Gasteiger charge is 2.10. The van der Waals surface area contributed by atoms with E-state index in [2.05, 4.69) is 6.92 Å². The van der Waals surface area contributed by atoms with Gasteiger partial charge < -0.3 is 10.8 Å². The summed E-state index contributed by atoms with van der Waals surface area (Å²) in [5.41, 5.74) is 5.45. The van der Waals surface area contributed by atoms with Crippen LogP contribution in [0.15, 0.2) is 0 Å². The van der Waals surface area contributed by atoms with Crippen LogP contribution in [0.2, 0.25) is 0 Å². The highest BCUT2D eigenvalue weighted by molar-refractivity contribution is 5.83. The number of ketones is 1. The zero-order valence-corrected chi connectivity index (χ0v) is 12.7. The SMILES string of the molecule is CCCCCCCCCCCCCC(=O)[C@@H](N)CO. The number of unbranched alkanes of at least 4 members (excludes halogenated alkanes) is 10. The van der Waals surface area contributed by atoms with E-state index in [-0.39, 0.29) is 12.4 Å². The molecular formula is C16H33NO2. The van der Waals surface area contributed by atoms with Gasteiger partial charge >= 0.3 is 0 Å². The molecule has 1 atom stereocenters. The summed E-state index contributed by atoms with van der Waals surface area (Å²) >= 11 is 0. The van der Waals surface area contributed by atoms with Crippen molar-refractivity contribution >= 4 is 5.78 Å². The van der Waals surface area contributed by atoms with Gasteiger partial charge in [0.05, 0.1) is 12.6 Å². The molecule has 0 fully saturated rings. The third kappa shape index (κ3) is 12.4. The lowest BCUT2D eigenvalue weighted by molar-refractivity contribution is -0.121. The van der Waals surface area contributed by atoms with Crippen LogP contribution in [-0.4, -0.2) is 23.5 Å². The quantitative estimate of drug-likeness (QED) is 0.475. The highest BCUT2D eigenvalue weighted by atomic mass is 16.3. The van der Waals surface area contributed by atoms with Crippen molar-refractivity contribution in [2.24, 2.45) is 5.73 Å². The molecule has 0 aromatic rings. The Labute approximate surface area is 119 Å². The molecule has 0 amide bonds. The molecule has 0 rings (SSSR count). The van der Waals surface area contributed by atoms with E-state index in [0.717, 1.165) is 12.8 Å². The van der Waals surface area contributed by atoms with Gasteiger partial charge in [0.2, 0.25) is 0 Å². The van der Waals surface area contributed by atoms with Gasteiger partial charge in [0.1, 0.15) is 0 Å². The molecule has 3 nitrogen and oxygen atoms in total. The summed E-state index contributed by atoms with van der Waals surface area (Å²) in [4.78, 5) is 11.3. The summed E-state index contributed by atoms with van der Waals surface area (Å²) in [6, 6.07) is -0.664. The molecule has 3 N–H and O–H groups in total. The normalized spacial score (nSPS) is 12.6. The topological polar surface area (TPSA) is 63.3 Å². The second-order valence-electron chi connectivity index (χ2n) is 5.54. The summed E-state index contributed by atoms with van der Waals surface area (Å²) in [6.07, 6.45) is 14.6. The Morgan fingerprint density at radius 2 is 1.32 bits per heavy atom. The molecule has 0 saturated carbocycles. The molecule has 3 heteroatoms. The Balaban J connectivity index is 3.13. The van der Waals surface area contributed by atoms with Crippen LogP contribution in [0.25, 0.3) is 0 Å². The first kappa shape index (κ1) is 18.6. The third-order valence-electron chi connectivity index (χ3n) is 3.64. The van der Waals surface area contributed by atoms with Gasteiger partial charge in [0.15, 0.2) is 5.78 Å². The number of Topliss-reactive ketones (excluding diaryl/α,β-unsaturated/α-hetero) is 1.